The SMILES string of the molecule is C=C(C)C1CCc2c(C)ccc3c(OC)c(C(C)C)c(O)c1c23. The second kappa shape index (κ2) is 5.59. The van der Waals surface area contributed by atoms with Crippen LogP contribution in [0, 0.1) is 6.92 Å². The van der Waals surface area contributed by atoms with Crippen molar-refractivity contribution in [2.24, 2.45) is 0 Å². The molecule has 0 amide bonds. The number of rotatable bonds is 3. The number of ether oxygens (including phenoxy) is 1. The molecule has 0 fully saturated rings. The topological polar surface area (TPSA) is 29.5 Å². The standard InChI is InChI=1S/C21H26O2/c1-11(2)14-9-10-15-13(5)7-8-16-18(15)19(14)20(22)17(12(3)4)21(16)23-6/h7-8,12,14,22H,1,9-10H2,2-6H3. The van der Waals surface area contributed by atoms with Gasteiger partial charge < -0.3 is 9.84 Å². The Morgan fingerprint density at radius 1 is 1.35 bits per heavy atom. The van der Waals surface area contributed by atoms with E-state index in [4.69, 9.17) is 4.74 Å². The molecule has 1 aliphatic rings. The van der Waals surface area contributed by atoms with E-state index >= 15 is 0 Å². The Kier molecular flexibility index (Phi) is 3.87. The highest BCUT2D eigenvalue weighted by atomic mass is 16.5. The summed E-state index contributed by atoms with van der Waals surface area (Å²) in [7, 11) is 1.70. The zero-order valence-corrected chi connectivity index (χ0v) is 14.8. The third kappa shape index (κ3) is 2.23. The normalized spacial score (nSPS) is 16.9. The molecule has 0 heterocycles. The minimum absolute atomic E-state index is 0.197. The van der Waals surface area contributed by atoms with Gasteiger partial charge in [0.25, 0.3) is 0 Å². The van der Waals surface area contributed by atoms with Crippen LogP contribution in [0.4, 0.5) is 0 Å². The number of hydrogen-bond donors (Lipinski definition) is 1. The van der Waals surface area contributed by atoms with E-state index in [1.165, 1.54) is 16.5 Å². The van der Waals surface area contributed by atoms with Crippen molar-refractivity contribution in [3.05, 3.63) is 46.5 Å². The lowest BCUT2D eigenvalue weighted by atomic mass is 9.75. The summed E-state index contributed by atoms with van der Waals surface area (Å²) in [5, 5.41) is 13.4. The Hall–Kier alpha value is -1.96. The minimum Gasteiger partial charge on any atom is -0.507 e. The number of benzene rings is 2. The molecule has 0 bridgehead atoms. The molecule has 1 aliphatic carbocycles. The van der Waals surface area contributed by atoms with Gasteiger partial charge in [-0.25, -0.2) is 0 Å². The number of phenolic OH excluding ortho intramolecular Hbond substituents is 1. The zero-order chi connectivity index (χ0) is 16.9. The quantitative estimate of drug-likeness (QED) is 0.749. The highest BCUT2D eigenvalue weighted by molar-refractivity contribution is 5.99. The van der Waals surface area contributed by atoms with Gasteiger partial charge in [0, 0.05) is 22.4 Å². The molecule has 23 heavy (non-hydrogen) atoms. The monoisotopic (exact) mass is 310 g/mol. The largest absolute Gasteiger partial charge is 0.507 e. The second-order valence-electron chi connectivity index (χ2n) is 7.09. The first kappa shape index (κ1) is 15.9. The van der Waals surface area contributed by atoms with Crippen LogP contribution in [0.15, 0.2) is 24.3 Å². The van der Waals surface area contributed by atoms with E-state index < -0.39 is 0 Å². The van der Waals surface area contributed by atoms with Gasteiger partial charge >= 0.3 is 0 Å². The van der Waals surface area contributed by atoms with Crippen molar-refractivity contribution in [2.75, 3.05) is 7.11 Å². The van der Waals surface area contributed by atoms with E-state index in [2.05, 4.69) is 46.4 Å². The summed E-state index contributed by atoms with van der Waals surface area (Å²) >= 11 is 0. The summed E-state index contributed by atoms with van der Waals surface area (Å²) < 4.78 is 5.73. The third-order valence-electron chi connectivity index (χ3n) is 5.22. The Morgan fingerprint density at radius 2 is 2.04 bits per heavy atom. The van der Waals surface area contributed by atoms with Crippen LogP contribution >= 0.6 is 0 Å². The molecule has 3 rings (SSSR count). The molecule has 1 N–H and O–H groups in total. The van der Waals surface area contributed by atoms with Crippen LogP contribution in [0.3, 0.4) is 0 Å². The third-order valence-corrected chi connectivity index (χ3v) is 5.22. The smallest absolute Gasteiger partial charge is 0.133 e. The van der Waals surface area contributed by atoms with Crippen LogP contribution < -0.4 is 4.74 Å². The molecule has 0 radical (unpaired) electrons. The van der Waals surface area contributed by atoms with Gasteiger partial charge in [0.15, 0.2) is 0 Å². The van der Waals surface area contributed by atoms with E-state index in [0.29, 0.717) is 5.75 Å². The van der Waals surface area contributed by atoms with Crippen LogP contribution in [0.1, 0.15) is 61.3 Å². The minimum atomic E-state index is 0.197. The van der Waals surface area contributed by atoms with E-state index in [-0.39, 0.29) is 11.8 Å². The van der Waals surface area contributed by atoms with Gasteiger partial charge in [-0.1, -0.05) is 38.1 Å². The molecule has 1 atom stereocenters. The average molecular weight is 310 g/mol. The zero-order valence-electron chi connectivity index (χ0n) is 14.8. The van der Waals surface area contributed by atoms with Gasteiger partial charge in [0.1, 0.15) is 11.5 Å². The molecular formula is C21H26O2. The van der Waals surface area contributed by atoms with E-state index in [0.717, 1.165) is 40.7 Å². The lowest BCUT2D eigenvalue weighted by Crippen LogP contribution is -2.13. The Labute approximate surface area is 138 Å². The van der Waals surface area contributed by atoms with Crippen molar-refractivity contribution in [3.8, 4) is 11.5 Å². The van der Waals surface area contributed by atoms with E-state index in [1.807, 2.05) is 0 Å². The Morgan fingerprint density at radius 3 is 2.61 bits per heavy atom. The number of aromatic hydroxyl groups is 1. The predicted molar refractivity (Wildman–Crippen MR) is 96.9 cm³/mol. The molecule has 2 nitrogen and oxygen atoms in total. The number of phenols is 1. The molecule has 122 valence electrons. The molecule has 0 saturated carbocycles. The van der Waals surface area contributed by atoms with Crippen molar-refractivity contribution in [1.82, 2.24) is 0 Å². The summed E-state index contributed by atoms with van der Waals surface area (Å²) in [6.45, 7) is 12.6. The lowest BCUT2D eigenvalue weighted by molar-refractivity contribution is 0.398. The summed E-state index contributed by atoms with van der Waals surface area (Å²) in [6.07, 6.45) is 2.04. The van der Waals surface area contributed by atoms with Crippen LogP contribution in [-0.2, 0) is 6.42 Å². The van der Waals surface area contributed by atoms with Crippen molar-refractivity contribution in [3.63, 3.8) is 0 Å². The first-order valence-corrected chi connectivity index (χ1v) is 8.38. The van der Waals surface area contributed by atoms with Crippen molar-refractivity contribution in [2.45, 2.75) is 52.4 Å². The first-order valence-electron chi connectivity index (χ1n) is 8.38. The molecule has 0 aromatic heterocycles. The summed E-state index contributed by atoms with van der Waals surface area (Å²) in [6, 6.07) is 4.31. The maximum atomic E-state index is 11.1. The number of allylic oxidation sites excluding steroid dienone is 1. The Bertz CT molecular complexity index is 800. The fourth-order valence-electron chi connectivity index (χ4n) is 4.11. The molecular weight excluding hydrogens is 284 g/mol. The first-order chi connectivity index (χ1) is 10.9. The fourth-order valence-corrected chi connectivity index (χ4v) is 4.11. The van der Waals surface area contributed by atoms with Crippen molar-refractivity contribution in [1.29, 1.82) is 0 Å². The average Bonchev–Trinajstić information content (AvgIpc) is 2.51. The molecule has 2 heteroatoms. The second-order valence-corrected chi connectivity index (χ2v) is 7.09. The van der Waals surface area contributed by atoms with Crippen molar-refractivity contribution >= 4 is 10.8 Å². The fraction of sp³-hybridized carbons (Fsp3) is 0.429. The number of methoxy groups -OCH3 is 1. The van der Waals surface area contributed by atoms with Gasteiger partial charge in [-0.15, -0.1) is 0 Å². The summed E-state index contributed by atoms with van der Waals surface area (Å²) in [5.74, 6) is 1.64. The highest BCUT2D eigenvalue weighted by Gasteiger charge is 2.31. The predicted octanol–water partition coefficient (Wildman–Crippen LogP) is 5.59. The lowest BCUT2D eigenvalue weighted by Gasteiger charge is -2.31. The van der Waals surface area contributed by atoms with Gasteiger partial charge in [-0.05, 0) is 49.1 Å². The summed E-state index contributed by atoms with van der Waals surface area (Å²) in [4.78, 5) is 0. The molecule has 0 saturated heterocycles. The van der Waals surface area contributed by atoms with Crippen LogP contribution in [0.25, 0.3) is 10.8 Å². The van der Waals surface area contributed by atoms with Crippen LogP contribution in [-0.4, -0.2) is 12.2 Å². The highest BCUT2D eigenvalue weighted by Crippen LogP contribution is 2.52. The van der Waals surface area contributed by atoms with Gasteiger partial charge in [0.05, 0.1) is 7.11 Å². The molecule has 2 aromatic carbocycles. The van der Waals surface area contributed by atoms with Crippen molar-refractivity contribution < 1.29 is 9.84 Å². The van der Waals surface area contributed by atoms with Crippen LogP contribution in [0.2, 0.25) is 0 Å². The van der Waals surface area contributed by atoms with Gasteiger partial charge in [-0.3, -0.25) is 0 Å². The van der Waals surface area contributed by atoms with Gasteiger partial charge in [0.2, 0.25) is 0 Å². The number of hydrogen-bond acceptors (Lipinski definition) is 2. The molecule has 0 spiro atoms. The molecule has 2 aromatic rings. The molecule has 1 unspecified atom stereocenters. The number of aryl methyl sites for hydroxylation is 2. The summed E-state index contributed by atoms with van der Waals surface area (Å²) in [5.41, 5.74) is 5.73. The Balaban J connectivity index is 2.54. The maximum Gasteiger partial charge on any atom is 0.133 e. The van der Waals surface area contributed by atoms with Gasteiger partial charge in [-0.2, -0.15) is 0 Å². The van der Waals surface area contributed by atoms with E-state index in [1.54, 1.807) is 7.11 Å². The molecule has 0 aliphatic heterocycles. The maximum absolute atomic E-state index is 11.1. The van der Waals surface area contributed by atoms with Crippen LogP contribution in [0.5, 0.6) is 11.5 Å². The van der Waals surface area contributed by atoms with E-state index in [9.17, 15) is 5.11 Å².